The zero-order chi connectivity index (χ0) is 15.5. The van der Waals surface area contributed by atoms with E-state index in [1.165, 1.54) is 33.0 Å². The molecule has 0 fully saturated rings. The SMILES string of the molecule is CN(C(=O)COc1ccc(Br)cc1F)C(C)(C)C(=O)O. The minimum absolute atomic E-state index is 0.0666. The number of carboxylic acids is 1. The van der Waals surface area contributed by atoms with Crippen molar-refractivity contribution in [1.82, 2.24) is 4.90 Å². The van der Waals surface area contributed by atoms with Gasteiger partial charge in [-0.25, -0.2) is 9.18 Å². The van der Waals surface area contributed by atoms with Crippen LogP contribution in [0.3, 0.4) is 0 Å². The van der Waals surface area contributed by atoms with Gasteiger partial charge in [-0.3, -0.25) is 4.79 Å². The standard InChI is InChI=1S/C13H15BrFNO4/c1-13(2,12(18)19)16(3)11(17)7-20-10-5-4-8(14)6-9(10)15/h4-6H,7H2,1-3H3,(H,18,19). The Bertz CT molecular complexity index is 533. The Morgan fingerprint density at radius 2 is 2.05 bits per heavy atom. The molecule has 1 rings (SSSR count). The highest BCUT2D eigenvalue weighted by Crippen LogP contribution is 2.21. The number of ether oxygens (including phenoxy) is 1. The number of halogens is 2. The van der Waals surface area contributed by atoms with Crippen molar-refractivity contribution in [3.63, 3.8) is 0 Å². The van der Waals surface area contributed by atoms with Crippen LogP contribution in [-0.2, 0) is 9.59 Å². The Hall–Kier alpha value is -1.63. The number of amides is 1. The number of nitrogens with zero attached hydrogens (tertiary/aromatic N) is 1. The number of carbonyl (C=O) groups is 2. The van der Waals surface area contributed by atoms with E-state index in [-0.39, 0.29) is 5.75 Å². The number of benzene rings is 1. The molecule has 1 N–H and O–H groups in total. The van der Waals surface area contributed by atoms with Crippen molar-refractivity contribution in [1.29, 1.82) is 0 Å². The van der Waals surface area contributed by atoms with E-state index in [9.17, 15) is 14.0 Å². The van der Waals surface area contributed by atoms with Crippen LogP contribution < -0.4 is 4.74 Å². The van der Waals surface area contributed by atoms with E-state index in [1.54, 1.807) is 6.07 Å². The van der Waals surface area contributed by atoms with Crippen molar-refractivity contribution in [2.75, 3.05) is 13.7 Å². The predicted molar refractivity (Wildman–Crippen MR) is 74.1 cm³/mol. The molecule has 0 aliphatic carbocycles. The molecule has 0 unspecified atom stereocenters. The minimum atomic E-state index is -1.36. The summed E-state index contributed by atoms with van der Waals surface area (Å²) >= 11 is 3.11. The summed E-state index contributed by atoms with van der Waals surface area (Å²) in [5, 5.41) is 9.02. The van der Waals surface area contributed by atoms with Crippen LogP contribution in [0.25, 0.3) is 0 Å². The van der Waals surface area contributed by atoms with E-state index in [4.69, 9.17) is 9.84 Å². The van der Waals surface area contributed by atoms with Gasteiger partial charge in [-0.15, -0.1) is 0 Å². The number of likely N-dealkylation sites (N-methyl/N-ethyl adjacent to an activating group) is 1. The van der Waals surface area contributed by atoms with Gasteiger partial charge in [0.1, 0.15) is 5.54 Å². The lowest BCUT2D eigenvalue weighted by Crippen LogP contribution is -2.52. The number of rotatable bonds is 5. The summed E-state index contributed by atoms with van der Waals surface area (Å²) in [6, 6.07) is 4.17. The second-order valence-electron chi connectivity index (χ2n) is 4.68. The molecule has 1 aromatic carbocycles. The molecule has 0 heterocycles. The third kappa shape index (κ3) is 3.69. The molecule has 0 bridgehead atoms. The second kappa shape index (κ2) is 6.21. The van der Waals surface area contributed by atoms with Crippen molar-refractivity contribution in [3.8, 4) is 5.75 Å². The van der Waals surface area contributed by atoms with Gasteiger partial charge >= 0.3 is 5.97 Å². The number of carbonyl (C=O) groups excluding carboxylic acids is 1. The third-order valence-electron chi connectivity index (χ3n) is 2.98. The molecular formula is C13H15BrFNO4. The van der Waals surface area contributed by atoms with Crippen molar-refractivity contribution in [2.45, 2.75) is 19.4 Å². The van der Waals surface area contributed by atoms with Crippen molar-refractivity contribution in [3.05, 3.63) is 28.5 Å². The predicted octanol–water partition coefficient (Wildman–Crippen LogP) is 2.29. The number of hydrogen-bond acceptors (Lipinski definition) is 3. The largest absolute Gasteiger partial charge is 0.481 e. The molecule has 0 saturated carbocycles. The van der Waals surface area contributed by atoms with Crippen LogP contribution in [0, 0.1) is 5.82 Å². The van der Waals surface area contributed by atoms with Crippen molar-refractivity contribution < 1.29 is 23.8 Å². The van der Waals surface area contributed by atoms with Crippen molar-refractivity contribution >= 4 is 27.8 Å². The summed E-state index contributed by atoms with van der Waals surface area (Å²) in [5.41, 5.74) is -1.36. The molecule has 0 atom stereocenters. The van der Waals surface area contributed by atoms with Gasteiger partial charge in [0.05, 0.1) is 0 Å². The first-order chi connectivity index (χ1) is 9.16. The molecule has 0 aliphatic heterocycles. The van der Waals surface area contributed by atoms with Gasteiger partial charge in [0.25, 0.3) is 5.91 Å². The van der Waals surface area contributed by atoms with E-state index in [0.717, 1.165) is 4.90 Å². The van der Waals surface area contributed by atoms with Gasteiger partial charge in [0.2, 0.25) is 0 Å². The smallest absolute Gasteiger partial charge is 0.329 e. The van der Waals surface area contributed by atoms with Crippen LogP contribution in [0.2, 0.25) is 0 Å². The molecule has 5 nitrogen and oxygen atoms in total. The van der Waals surface area contributed by atoms with E-state index in [1.807, 2.05) is 0 Å². The lowest BCUT2D eigenvalue weighted by atomic mass is 10.0. The van der Waals surface area contributed by atoms with Crippen LogP contribution >= 0.6 is 15.9 Å². The van der Waals surface area contributed by atoms with E-state index < -0.39 is 29.8 Å². The average molecular weight is 348 g/mol. The Balaban J connectivity index is 2.70. The maximum atomic E-state index is 13.5. The van der Waals surface area contributed by atoms with Crippen LogP contribution in [-0.4, -0.2) is 41.1 Å². The zero-order valence-electron chi connectivity index (χ0n) is 11.3. The molecule has 0 spiro atoms. The summed E-state index contributed by atoms with van der Waals surface area (Å²) < 4.78 is 19.1. The van der Waals surface area contributed by atoms with Crippen LogP contribution in [0.4, 0.5) is 4.39 Å². The van der Waals surface area contributed by atoms with Gasteiger partial charge < -0.3 is 14.7 Å². The van der Waals surface area contributed by atoms with E-state index in [0.29, 0.717) is 4.47 Å². The highest BCUT2D eigenvalue weighted by molar-refractivity contribution is 9.10. The third-order valence-corrected chi connectivity index (χ3v) is 3.47. The molecule has 0 aromatic heterocycles. The first kappa shape index (κ1) is 16.4. The monoisotopic (exact) mass is 347 g/mol. The quantitative estimate of drug-likeness (QED) is 0.887. The molecule has 7 heteroatoms. The molecule has 1 amide bonds. The summed E-state index contributed by atoms with van der Waals surface area (Å²) in [4.78, 5) is 23.9. The lowest BCUT2D eigenvalue weighted by molar-refractivity contribution is -0.156. The minimum Gasteiger partial charge on any atom is -0.481 e. The molecule has 1 aromatic rings. The van der Waals surface area contributed by atoms with Crippen LogP contribution in [0.5, 0.6) is 5.75 Å². The van der Waals surface area contributed by atoms with Gasteiger partial charge in [0, 0.05) is 11.5 Å². The van der Waals surface area contributed by atoms with Crippen LogP contribution in [0.15, 0.2) is 22.7 Å². The molecular weight excluding hydrogens is 333 g/mol. The maximum Gasteiger partial charge on any atom is 0.329 e. The summed E-state index contributed by atoms with van der Waals surface area (Å²) in [6.45, 7) is 2.35. The Labute approximate surface area is 124 Å². The van der Waals surface area contributed by atoms with Gasteiger partial charge in [0.15, 0.2) is 18.2 Å². The lowest BCUT2D eigenvalue weighted by Gasteiger charge is -2.31. The van der Waals surface area contributed by atoms with Crippen molar-refractivity contribution in [2.24, 2.45) is 0 Å². The van der Waals surface area contributed by atoms with Crippen LogP contribution in [0.1, 0.15) is 13.8 Å². The topological polar surface area (TPSA) is 66.8 Å². The molecule has 110 valence electrons. The summed E-state index contributed by atoms with van der Waals surface area (Å²) in [7, 11) is 1.36. The first-order valence-electron chi connectivity index (χ1n) is 5.74. The Morgan fingerprint density at radius 1 is 1.45 bits per heavy atom. The molecule has 0 aliphatic rings. The van der Waals surface area contributed by atoms with E-state index >= 15 is 0 Å². The number of hydrogen-bond donors (Lipinski definition) is 1. The first-order valence-corrected chi connectivity index (χ1v) is 6.53. The fourth-order valence-electron chi connectivity index (χ4n) is 1.28. The number of aliphatic carboxylic acids is 1. The van der Waals surface area contributed by atoms with Gasteiger partial charge in [-0.1, -0.05) is 15.9 Å². The fourth-order valence-corrected chi connectivity index (χ4v) is 1.62. The van der Waals surface area contributed by atoms with Gasteiger partial charge in [-0.2, -0.15) is 0 Å². The fraction of sp³-hybridized carbons (Fsp3) is 0.385. The highest BCUT2D eigenvalue weighted by Gasteiger charge is 2.35. The zero-order valence-corrected chi connectivity index (χ0v) is 12.9. The number of carboxylic acid groups (broad SMARTS) is 1. The summed E-state index contributed by atoms with van der Waals surface area (Å²) in [5.74, 6) is -2.36. The summed E-state index contributed by atoms with van der Waals surface area (Å²) in [6.07, 6.45) is 0. The van der Waals surface area contributed by atoms with Gasteiger partial charge in [-0.05, 0) is 32.0 Å². The van der Waals surface area contributed by atoms with E-state index in [2.05, 4.69) is 15.9 Å². The molecule has 0 saturated heterocycles. The molecule has 20 heavy (non-hydrogen) atoms. The highest BCUT2D eigenvalue weighted by atomic mass is 79.9. The normalized spacial score (nSPS) is 11.1. The second-order valence-corrected chi connectivity index (χ2v) is 5.60. The average Bonchev–Trinajstić information content (AvgIpc) is 2.36. The molecule has 0 radical (unpaired) electrons. The Morgan fingerprint density at radius 3 is 2.55 bits per heavy atom. The maximum absolute atomic E-state index is 13.5. The Kier molecular flexibility index (Phi) is 5.10.